The van der Waals surface area contributed by atoms with E-state index in [-0.39, 0.29) is 37.5 Å². The van der Waals surface area contributed by atoms with E-state index in [2.05, 4.69) is 40.0 Å². The van der Waals surface area contributed by atoms with Gasteiger partial charge in [0.15, 0.2) is 0 Å². The molecule has 1 aromatic heterocycles. The first kappa shape index (κ1) is 29.9. The summed E-state index contributed by atoms with van der Waals surface area (Å²) in [6.45, 7) is 1.54. The van der Waals surface area contributed by atoms with E-state index >= 15 is 0 Å². The fourth-order valence-electron chi connectivity index (χ4n) is 2.94. The number of rotatable bonds is 11. The van der Waals surface area contributed by atoms with E-state index in [1.807, 2.05) is 0 Å². The van der Waals surface area contributed by atoms with Gasteiger partial charge in [-0.3, -0.25) is 4.79 Å². The molecule has 3 rings (SSSR count). The van der Waals surface area contributed by atoms with Gasteiger partial charge >= 0.3 is 18.7 Å². The number of carbonyl (C=O) groups excluding carboxylic acids is 1. The number of esters is 1. The molecule has 0 bridgehead atoms. The molecule has 0 saturated heterocycles. The van der Waals surface area contributed by atoms with Gasteiger partial charge in [0.1, 0.15) is 18.0 Å². The summed E-state index contributed by atoms with van der Waals surface area (Å²) in [6, 6.07) is 9.72. The van der Waals surface area contributed by atoms with Crippen LogP contribution in [0, 0.1) is 0 Å². The fraction of sp³-hybridized carbons (Fsp3) is 0.304. The summed E-state index contributed by atoms with van der Waals surface area (Å²) in [7, 11) is 1.50. The molecule has 40 heavy (non-hydrogen) atoms. The topological polar surface area (TPSA) is 123 Å². The summed E-state index contributed by atoms with van der Waals surface area (Å²) in [5.74, 6) is -1.67. The van der Waals surface area contributed by atoms with Gasteiger partial charge in [0, 0.05) is 12.7 Å². The van der Waals surface area contributed by atoms with E-state index in [0.717, 1.165) is 24.3 Å². The van der Waals surface area contributed by atoms with Crippen LogP contribution in [-0.2, 0) is 16.1 Å². The summed E-state index contributed by atoms with van der Waals surface area (Å²) >= 11 is 0. The maximum atomic E-state index is 12.4. The SMILES string of the molecule is CCOC(=O)CN(C)c1nc(N=NCc2ccc(OC(F)(F)F)cc2)nc(Nc2ccc(OC(F)(F)F)cc2)n1. The molecule has 17 heteroatoms. The minimum atomic E-state index is -4.85. The van der Waals surface area contributed by atoms with Gasteiger partial charge in [0.05, 0.1) is 13.2 Å². The number of azo groups is 1. The number of aromatic nitrogens is 3. The number of hydrogen-bond donors (Lipinski definition) is 1. The number of ether oxygens (including phenoxy) is 3. The molecule has 0 radical (unpaired) electrons. The lowest BCUT2D eigenvalue weighted by Gasteiger charge is -2.16. The number of benzene rings is 2. The molecule has 0 saturated carbocycles. The third-order valence-electron chi connectivity index (χ3n) is 4.54. The highest BCUT2D eigenvalue weighted by atomic mass is 19.4. The Labute approximate surface area is 222 Å². The molecule has 0 aliphatic rings. The van der Waals surface area contributed by atoms with Crippen molar-refractivity contribution in [2.75, 3.05) is 30.4 Å². The van der Waals surface area contributed by atoms with Crippen molar-refractivity contribution in [1.82, 2.24) is 15.0 Å². The van der Waals surface area contributed by atoms with Gasteiger partial charge in [-0.1, -0.05) is 12.1 Å². The van der Waals surface area contributed by atoms with Crippen molar-refractivity contribution in [3.05, 3.63) is 54.1 Å². The van der Waals surface area contributed by atoms with Crippen LogP contribution in [0.3, 0.4) is 0 Å². The molecule has 0 aliphatic heterocycles. The zero-order chi connectivity index (χ0) is 29.3. The number of alkyl halides is 6. The van der Waals surface area contributed by atoms with Crippen LogP contribution < -0.4 is 19.7 Å². The van der Waals surface area contributed by atoms with E-state index in [4.69, 9.17) is 4.74 Å². The molecule has 0 atom stereocenters. The van der Waals surface area contributed by atoms with E-state index in [0.29, 0.717) is 11.3 Å². The fourth-order valence-corrected chi connectivity index (χ4v) is 2.94. The number of likely N-dealkylation sites (N-methyl/N-ethyl adjacent to an activating group) is 1. The molecule has 0 amide bonds. The van der Waals surface area contributed by atoms with E-state index < -0.39 is 30.2 Å². The minimum Gasteiger partial charge on any atom is -0.465 e. The standard InChI is InChI=1S/C23H21F6N7O4/c1-3-38-18(37)13-36(2)21-33-19(31-15-6-10-17(11-7-15)40-23(27,28)29)32-20(34-21)35-30-12-14-4-8-16(9-5-14)39-22(24,25)26/h4-11H,3,12-13H2,1-2H3,(H,31,32,33,34). The maximum Gasteiger partial charge on any atom is 0.573 e. The molecule has 0 spiro atoms. The largest absolute Gasteiger partial charge is 0.573 e. The lowest BCUT2D eigenvalue weighted by atomic mass is 10.2. The van der Waals surface area contributed by atoms with Crippen LogP contribution in [0.25, 0.3) is 0 Å². The van der Waals surface area contributed by atoms with E-state index in [1.165, 1.54) is 36.2 Å². The smallest absolute Gasteiger partial charge is 0.465 e. The number of nitrogens with one attached hydrogen (secondary N) is 1. The number of hydrogen-bond acceptors (Lipinski definition) is 11. The van der Waals surface area contributed by atoms with Crippen molar-refractivity contribution in [3.63, 3.8) is 0 Å². The summed E-state index contributed by atoms with van der Waals surface area (Å²) in [5.41, 5.74) is 0.801. The highest BCUT2D eigenvalue weighted by molar-refractivity contribution is 5.75. The van der Waals surface area contributed by atoms with Crippen LogP contribution >= 0.6 is 0 Å². The monoisotopic (exact) mass is 573 g/mol. The summed E-state index contributed by atoms with van der Waals surface area (Å²) in [5, 5.41) is 10.7. The normalized spacial score (nSPS) is 11.8. The Morgan fingerprint density at radius 1 is 0.900 bits per heavy atom. The summed E-state index contributed by atoms with van der Waals surface area (Å²) < 4.78 is 86.8. The molecule has 1 heterocycles. The van der Waals surface area contributed by atoms with Crippen molar-refractivity contribution in [2.45, 2.75) is 26.2 Å². The third-order valence-corrected chi connectivity index (χ3v) is 4.54. The molecular weight excluding hydrogens is 552 g/mol. The molecule has 2 aromatic carbocycles. The second-order valence-corrected chi connectivity index (χ2v) is 7.71. The molecule has 0 fully saturated rings. The van der Waals surface area contributed by atoms with Crippen LogP contribution in [0.15, 0.2) is 58.8 Å². The van der Waals surface area contributed by atoms with Gasteiger partial charge < -0.3 is 24.4 Å². The van der Waals surface area contributed by atoms with Crippen molar-refractivity contribution >= 4 is 29.5 Å². The quantitative estimate of drug-likeness (QED) is 0.175. The Kier molecular flexibility index (Phi) is 9.63. The molecule has 1 N–H and O–H groups in total. The highest BCUT2D eigenvalue weighted by Gasteiger charge is 2.31. The average Bonchev–Trinajstić information content (AvgIpc) is 2.84. The first-order chi connectivity index (χ1) is 18.8. The Morgan fingerprint density at radius 2 is 1.48 bits per heavy atom. The van der Waals surface area contributed by atoms with Gasteiger partial charge in [0.2, 0.25) is 11.9 Å². The molecule has 3 aromatic rings. The zero-order valence-electron chi connectivity index (χ0n) is 20.8. The minimum absolute atomic E-state index is 0.00909. The first-order valence-electron chi connectivity index (χ1n) is 11.3. The number of halogens is 6. The Hall–Kier alpha value is -4.70. The van der Waals surface area contributed by atoms with Crippen LogP contribution in [0.2, 0.25) is 0 Å². The van der Waals surface area contributed by atoms with Crippen molar-refractivity contribution in [3.8, 4) is 11.5 Å². The first-order valence-corrected chi connectivity index (χ1v) is 11.3. The van der Waals surface area contributed by atoms with Gasteiger partial charge in [-0.05, 0) is 48.9 Å². The van der Waals surface area contributed by atoms with Crippen molar-refractivity contribution in [2.24, 2.45) is 10.2 Å². The number of anilines is 3. The Balaban J connectivity index is 1.79. The van der Waals surface area contributed by atoms with Crippen molar-refractivity contribution < 1.29 is 45.3 Å². The van der Waals surface area contributed by atoms with Crippen LogP contribution in [0.5, 0.6) is 11.5 Å². The lowest BCUT2D eigenvalue weighted by Crippen LogP contribution is -2.28. The molecular formula is C23H21F6N7O4. The second-order valence-electron chi connectivity index (χ2n) is 7.71. The number of nitrogens with zero attached hydrogens (tertiary/aromatic N) is 6. The van der Waals surface area contributed by atoms with E-state index in [1.54, 1.807) is 6.92 Å². The van der Waals surface area contributed by atoms with Gasteiger partial charge in [-0.15, -0.1) is 31.5 Å². The predicted octanol–water partition coefficient (Wildman–Crippen LogP) is 5.70. The Bertz CT molecular complexity index is 1300. The van der Waals surface area contributed by atoms with Crippen LogP contribution in [0.4, 0.5) is 49.9 Å². The van der Waals surface area contributed by atoms with Crippen LogP contribution in [-0.4, -0.2) is 53.8 Å². The molecule has 0 unspecified atom stereocenters. The van der Waals surface area contributed by atoms with Crippen LogP contribution in [0.1, 0.15) is 12.5 Å². The zero-order valence-corrected chi connectivity index (χ0v) is 20.8. The lowest BCUT2D eigenvalue weighted by molar-refractivity contribution is -0.275. The number of carbonyl (C=O) groups is 1. The van der Waals surface area contributed by atoms with Gasteiger partial charge in [-0.2, -0.15) is 20.1 Å². The summed E-state index contributed by atoms with van der Waals surface area (Å²) in [4.78, 5) is 25.7. The highest BCUT2D eigenvalue weighted by Crippen LogP contribution is 2.26. The Morgan fingerprint density at radius 3 is 2.02 bits per heavy atom. The summed E-state index contributed by atoms with van der Waals surface area (Å²) in [6.07, 6.45) is -9.66. The average molecular weight is 573 g/mol. The molecule has 214 valence electrons. The predicted molar refractivity (Wildman–Crippen MR) is 127 cm³/mol. The second kappa shape index (κ2) is 12.9. The van der Waals surface area contributed by atoms with E-state index in [9.17, 15) is 31.1 Å². The molecule has 11 nitrogen and oxygen atoms in total. The van der Waals surface area contributed by atoms with Crippen molar-refractivity contribution in [1.29, 1.82) is 0 Å². The molecule has 0 aliphatic carbocycles. The third kappa shape index (κ3) is 10.2. The maximum absolute atomic E-state index is 12.4. The van der Waals surface area contributed by atoms with Gasteiger partial charge in [0.25, 0.3) is 5.95 Å². The van der Waals surface area contributed by atoms with Gasteiger partial charge in [-0.25, -0.2) is 0 Å².